The van der Waals surface area contributed by atoms with E-state index in [1.807, 2.05) is 59.9 Å². The van der Waals surface area contributed by atoms with E-state index in [9.17, 15) is 0 Å². The molecular formula is C17H23ClN2OS. The van der Waals surface area contributed by atoms with Crippen LogP contribution in [0.5, 0.6) is 0 Å². The fourth-order valence-electron chi connectivity index (χ4n) is 2.22. The first kappa shape index (κ1) is 17.4. The Balaban J connectivity index is 2.37. The van der Waals surface area contributed by atoms with Crippen molar-refractivity contribution in [3.63, 3.8) is 0 Å². The minimum Gasteiger partial charge on any atom is -0.371 e. The largest absolute Gasteiger partial charge is 0.371 e. The van der Waals surface area contributed by atoms with Crippen molar-refractivity contribution < 1.29 is 4.74 Å². The first-order valence-electron chi connectivity index (χ1n) is 7.44. The predicted octanol–water partition coefficient (Wildman–Crippen LogP) is 5.34. The Hall–Kier alpha value is -0.970. The van der Waals surface area contributed by atoms with E-state index in [4.69, 9.17) is 16.3 Å². The molecule has 2 atom stereocenters. The van der Waals surface area contributed by atoms with Crippen LogP contribution in [0, 0.1) is 0 Å². The molecule has 0 bridgehead atoms. The van der Waals surface area contributed by atoms with E-state index in [1.54, 1.807) is 6.20 Å². The van der Waals surface area contributed by atoms with Crippen molar-refractivity contribution in [1.29, 1.82) is 0 Å². The molecule has 2 rings (SSSR count). The maximum atomic E-state index is 6.07. The van der Waals surface area contributed by atoms with Gasteiger partial charge in [-0.2, -0.15) is 5.10 Å². The lowest BCUT2D eigenvalue weighted by Crippen LogP contribution is -2.23. The predicted molar refractivity (Wildman–Crippen MR) is 94.4 cm³/mol. The second-order valence-corrected chi connectivity index (χ2v) is 8.41. The van der Waals surface area contributed by atoms with E-state index in [-0.39, 0.29) is 16.2 Å². The van der Waals surface area contributed by atoms with Gasteiger partial charge >= 0.3 is 0 Å². The molecule has 1 aromatic heterocycles. The molecule has 0 radical (unpaired) electrons. The summed E-state index contributed by atoms with van der Waals surface area (Å²) in [5.41, 5.74) is 1.11. The van der Waals surface area contributed by atoms with Crippen LogP contribution in [-0.2, 0) is 4.74 Å². The van der Waals surface area contributed by atoms with Crippen LogP contribution in [0.4, 0.5) is 0 Å². The number of hydrogen-bond donors (Lipinski definition) is 0. The van der Waals surface area contributed by atoms with Crippen LogP contribution in [0.15, 0.2) is 42.7 Å². The molecule has 22 heavy (non-hydrogen) atoms. The average Bonchev–Trinajstić information content (AvgIpc) is 2.97. The van der Waals surface area contributed by atoms with Crippen molar-refractivity contribution in [2.24, 2.45) is 0 Å². The summed E-state index contributed by atoms with van der Waals surface area (Å²) in [6, 6.07) is 9.82. The third-order valence-corrected chi connectivity index (χ3v) is 4.73. The molecule has 0 saturated carbocycles. The highest BCUT2D eigenvalue weighted by molar-refractivity contribution is 8.00. The molecule has 1 aromatic carbocycles. The Bertz CT molecular complexity index is 563. The summed E-state index contributed by atoms with van der Waals surface area (Å²) < 4.78 is 8.15. The fraction of sp³-hybridized carbons (Fsp3) is 0.471. The maximum Gasteiger partial charge on any atom is 0.128 e. The van der Waals surface area contributed by atoms with Crippen molar-refractivity contribution in [2.75, 3.05) is 6.61 Å². The Labute approximate surface area is 142 Å². The molecule has 2 aromatic rings. The highest BCUT2D eigenvalue weighted by Gasteiger charge is 2.30. The van der Waals surface area contributed by atoms with Crippen LogP contribution >= 0.6 is 23.4 Å². The average molecular weight is 339 g/mol. The van der Waals surface area contributed by atoms with Gasteiger partial charge in [-0.25, -0.2) is 0 Å². The van der Waals surface area contributed by atoms with Crippen LogP contribution in [-0.4, -0.2) is 21.1 Å². The molecule has 0 fully saturated rings. The molecule has 0 aliphatic heterocycles. The monoisotopic (exact) mass is 338 g/mol. The van der Waals surface area contributed by atoms with E-state index < -0.39 is 0 Å². The number of ether oxygens (including phenoxy) is 1. The maximum absolute atomic E-state index is 6.07. The van der Waals surface area contributed by atoms with Crippen LogP contribution in [0.1, 0.15) is 44.7 Å². The zero-order valence-electron chi connectivity index (χ0n) is 13.5. The van der Waals surface area contributed by atoms with Gasteiger partial charge in [-0.15, -0.1) is 11.8 Å². The normalized spacial score (nSPS) is 14.8. The number of hydrogen-bond acceptors (Lipinski definition) is 3. The Morgan fingerprint density at radius 3 is 2.45 bits per heavy atom. The van der Waals surface area contributed by atoms with Gasteiger partial charge in [-0.1, -0.05) is 44.5 Å². The van der Waals surface area contributed by atoms with Gasteiger partial charge in [0.1, 0.15) is 11.5 Å². The number of rotatable bonds is 6. The molecule has 3 nitrogen and oxygen atoms in total. The topological polar surface area (TPSA) is 27.1 Å². The third-order valence-electron chi connectivity index (χ3n) is 3.06. The molecule has 0 saturated heterocycles. The van der Waals surface area contributed by atoms with E-state index in [2.05, 4.69) is 25.9 Å². The number of benzene rings is 1. The fourth-order valence-corrected chi connectivity index (χ4v) is 3.67. The van der Waals surface area contributed by atoms with Crippen molar-refractivity contribution in [3.05, 3.63) is 53.3 Å². The zero-order chi connectivity index (χ0) is 16.2. The van der Waals surface area contributed by atoms with E-state index in [0.29, 0.717) is 6.61 Å². The highest BCUT2D eigenvalue weighted by Crippen LogP contribution is 2.44. The number of nitrogens with zero attached hydrogens (tertiary/aromatic N) is 2. The van der Waals surface area contributed by atoms with Crippen LogP contribution in [0.25, 0.3) is 0 Å². The minimum atomic E-state index is -0.0774. The number of aromatic nitrogens is 2. The van der Waals surface area contributed by atoms with Gasteiger partial charge in [-0.3, -0.25) is 4.68 Å². The molecule has 1 heterocycles. The first-order valence-corrected chi connectivity index (χ1v) is 8.70. The second kappa shape index (κ2) is 7.53. The summed E-state index contributed by atoms with van der Waals surface area (Å²) in [6.45, 7) is 9.29. The standard InChI is InChI=1S/C17H23ClN2OS/c1-5-21-15(13-7-9-14(18)10-8-13)16(22-17(2,3)4)20-12-6-11-19-20/h6-12,15-16H,5H2,1-4H3. The van der Waals surface area contributed by atoms with Gasteiger partial charge in [0.05, 0.1) is 0 Å². The zero-order valence-corrected chi connectivity index (χ0v) is 15.1. The van der Waals surface area contributed by atoms with Gasteiger partial charge in [0.2, 0.25) is 0 Å². The number of halogens is 1. The van der Waals surface area contributed by atoms with Crippen molar-refractivity contribution in [3.8, 4) is 0 Å². The lowest BCUT2D eigenvalue weighted by Gasteiger charge is -2.32. The molecule has 0 amide bonds. The minimum absolute atomic E-state index is 0.0659. The molecule has 0 spiro atoms. The van der Waals surface area contributed by atoms with Crippen molar-refractivity contribution in [2.45, 2.75) is 43.9 Å². The van der Waals surface area contributed by atoms with Gasteiger partial charge < -0.3 is 4.74 Å². The summed E-state index contributed by atoms with van der Waals surface area (Å²) in [4.78, 5) is 0. The highest BCUT2D eigenvalue weighted by atomic mass is 35.5. The Morgan fingerprint density at radius 1 is 1.27 bits per heavy atom. The molecule has 5 heteroatoms. The summed E-state index contributed by atoms with van der Waals surface area (Å²) in [5, 5.41) is 5.24. The Kier molecular flexibility index (Phi) is 5.95. The summed E-state index contributed by atoms with van der Waals surface area (Å²) in [7, 11) is 0. The van der Waals surface area contributed by atoms with Gasteiger partial charge in [-0.05, 0) is 30.7 Å². The van der Waals surface area contributed by atoms with Gasteiger partial charge in [0, 0.05) is 28.8 Å². The van der Waals surface area contributed by atoms with Gasteiger partial charge in [0.25, 0.3) is 0 Å². The molecule has 2 unspecified atom stereocenters. The molecule has 120 valence electrons. The Morgan fingerprint density at radius 2 is 1.95 bits per heavy atom. The summed E-state index contributed by atoms with van der Waals surface area (Å²) >= 11 is 7.86. The third kappa shape index (κ3) is 4.77. The lowest BCUT2D eigenvalue weighted by molar-refractivity contribution is 0.0439. The molecule has 0 N–H and O–H groups in total. The van der Waals surface area contributed by atoms with E-state index in [0.717, 1.165) is 10.6 Å². The summed E-state index contributed by atoms with van der Waals surface area (Å²) in [6.07, 6.45) is 3.72. The van der Waals surface area contributed by atoms with Crippen molar-refractivity contribution in [1.82, 2.24) is 9.78 Å². The van der Waals surface area contributed by atoms with E-state index in [1.165, 1.54) is 0 Å². The van der Waals surface area contributed by atoms with Crippen LogP contribution in [0.2, 0.25) is 5.02 Å². The lowest BCUT2D eigenvalue weighted by atomic mass is 10.1. The second-order valence-electron chi connectivity index (χ2n) is 6.03. The smallest absolute Gasteiger partial charge is 0.128 e. The first-order chi connectivity index (χ1) is 10.4. The SMILES string of the molecule is CCOC(c1ccc(Cl)cc1)C(SC(C)(C)C)n1cccn1. The molecule has 0 aliphatic carbocycles. The van der Waals surface area contributed by atoms with E-state index >= 15 is 0 Å². The van der Waals surface area contributed by atoms with Gasteiger partial charge in [0.15, 0.2) is 0 Å². The summed E-state index contributed by atoms with van der Waals surface area (Å²) in [5.74, 6) is 0. The molecular weight excluding hydrogens is 316 g/mol. The van der Waals surface area contributed by atoms with Crippen LogP contribution < -0.4 is 0 Å². The number of thioether (sulfide) groups is 1. The van der Waals surface area contributed by atoms with Crippen molar-refractivity contribution >= 4 is 23.4 Å². The van der Waals surface area contributed by atoms with Crippen LogP contribution in [0.3, 0.4) is 0 Å². The quantitative estimate of drug-likeness (QED) is 0.710. The molecule has 0 aliphatic rings.